The summed E-state index contributed by atoms with van der Waals surface area (Å²) in [6.07, 6.45) is 10.3. The van der Waals surface area contributed by atoms with Crippen LogP contribution in [0.4, 0.5) is 0 Å². The third kappa shape index (κ3) is 7.59. The molecule has 9 nitrogen and oxygen atoms in total. The van der Waals surface area contributed by atoms with E-state index in [2.05, 4.69) is 13.2 Å². The summed E-state index contributed by atoms with van der Waals surface area (Å²) >= 11 is 0. The Morgan fingerprint density at radius 2 is 0.796 bits per heavy atom. The molecular weight excluding hydrogens is 679 g/mol. The van der Waals surface area contributed by atoms with Crippen molar-refractivity contribution >= 4 is 30.1 Å². The predicted octanol–water partition coefficient (Wildman–Crippen LogP) is 5.75. The van der Waals surface area contributed by atoms with Gasteiger partial charge in [0.25, 0.3) is 0 Å². The van der Waals surface area contributed by atoms with Crippen molar-refractivity contribution in [2.45, 2.75) is 72.5 Å². The molecule has 3 aromatic carbocycles. The summed E-state index contributed by atoms with van der Waals surface area (Å²) in [5, 5.41) is 0. The molecule has 0 spiro atoms. The van der Waals surface area contributed by atoms with Crippen molar-refractivity contribution in [3.8, 4) is 0 Å². The van der Waals surface area contributed by atoms with E-state index in [1.807, 2.05) is 20.8 Å². The van der Waals surface area contributed by atoms with Crippen molar-refractivity contribution in [1.82, 2.24) is 12.9 Å². The fourth-order valence-electron chi connectivity index (χ4n) is 6.33. The monoisotopic (exact) mass is 721 g/mol. The average Bonchev–Trinajstić information content (AvgIpc) is 3.73. The molecule has 0 saturated heterocycles. The molecule has 0 aliphatic heterocycles. The first kappa shape index (κ1) is 36.6. The Balaban J connectivity index is 1.48. The first-order valence-electron chi connectivity index (χ1n) is 16.1. The number of nitrogens with zero attached hydrogens (tertiary/aromatic N) is 3. The van der Waals surface area contributed by atoms with Crippen LogP contribution in [0.15, 0.2) is 137 Å². The number of hydrogen-bond acceptors (Lipinski definition) is 6. The highest BCUT2D eigenvalue weighted by atomic mass is 32.2. The van der Waals surface area contributed by atoms with Gasteiger partial charge in [-0.3, -0.25) is 0 Å². The Kier molecular flexibility index (Phi) is 11.0. The SMILES string of the molecule is C=CCN(C1C=CC(N(C2C=CC(N(CC=C)S(=O)(=O)c3ccc(C)cc3)C2)S(=O)(=O)c2ccc(C)cc2)C1)S(=O)(=O)c1ccc(C)cc1. The molecule has 0 bridgehead atoms. The minimum absolute atomic E-state index is 0.0292. The van der Waals surface area contributed by atoms with Gasteiger partial charge in [0.2, 0.25) is 30.1 Å². The molecule has 0 radical (unpaired) electrons. The highest BCUT2D eigenvalue weighted by Crippen LogP contribution is 2.36. The molecule has 2 aliphatic carbocycles. The zero-order valence-corrected chi connectivity index (χ0v) is 30.4. The molecule has 5 rings (SSSR count). The van der Waals surface area contributed by atoms with Crippen LogP contribution in [0.2, 0.25) is 0 Å². The number of sulfonamides is 3. The van der Waals surface area contributed by atoms with Crippen molar-refractivity contribution in [3.63, 3.8) is 0 Å². The zero-order chi connectivity index (χ0) is 35.6. The highest BCUT2D eigenvalue weighted by Gasteiger charge is 2.44. The lowest BCUT2D eigenvalue weighted by atomic mass is 10.1. The third-order valence-corrected chi connectivity index (χ3v) is 14.7. The van der Waals surface area contributed by atoms with Crippen LogP contribution in [-0.2, 0) is 30.1 Å². The van der Waals surface area contributed by atoms with Gasteiger partial charge in [-0.1, -0.05) is 89.5 Å². The molecule has 0 saturated carbocycles. The maximum Gasteiger partial charge on any atom is 0.244 e. The van der Waals surface area contributed by atoms with E-state index in [4.69, 9.17) is 0 Å². The van der Waals surface area contributed by atoms with Gasteiger partial charge in [0, 0.05) is 37.3 Å². The summed E-state index contributed by atoms with van der Waals surface area (Å²) < 4.78 is 88.4. The first-order chi connectivity index (χ1) is 23.2. The molecule has 49 heavy (non-hydrogen) atoms. The van der Waals surface area contributed by atoms with Crippen LogP contribution >= 0.6 is 0 Å². The lowest BCUT2D eigenvalue weighted by molar-refractivity contribution is 0.262. The molecule has 2 aliphatic rings. The van der Waals surface area contributed by atoms with Gasteiger partial charge in [-0.05, 0) is 70.0 Å². The van der Waals surface area contributed by atoms with Crippen LogP contribution < -0.4 is 0 Å². The van der Waals surface area contributed by atoms with Crippen molar-refractivity contribution in [3.05, 3.63) is 139 Å². The van der Waals surface area contributed by atoms with Gasteiger partial charge in [-0.25, -0.2) is 25.3 Å². The largest absolute Gasteiger partial charge is 0.244 e. The predicted molar refractivity (Wildman–Crippen MR) is 193 cm³/mol. The van der Waals surface area contributed by atoms with Crippen molar-refractivity contribution in [2.75, 3.05) is 13.1 Å². The Hall–Kier alpha value is -3.65. The van der Waals surface area contributed by atoms with E-state index < -0.39 is 54.2 Å². The lowest BCUT2D eigenvalue weighted by Crippen LogP contribution is -2.48. The molecule has 0 heterocycles. The van der Waals surface area contributed by atoms with Crippen molar-refractivity contribution in [1.29, 1.82) is 0 Å². The van der Waals surface area contributed by atoms with Crippen LogP contribution in [0, 0.1) is 20.8 Å². The number of aryl methyl sites for hydroxylation is 3. The van der Waals surface area contributed by atoms with E-state index in [1.165, 1.54) is 25.1 Å². The molecule has 0 amide bonds. The summed E-state index contributed by atoms with van der Waals surface area (Å²) in [6, 6.07) is 17.0. The van der Waals surface area contributed by atoms with Crippen LogP contribution in [-0.4, -0.2) is 75.4 Å². The van der Waals surface area contributed by atoms with Gasteiger partial charge >= 0.3 is 0 Å². The van der Waals surface area contributed by atoms with Crippen LogP contribution in [0.5, 0.6) is 0 Å². The van der Waals surface area contributed by atoms with E-state index in [1.54, 1.807) is 97.1 Å². The number of benzene rings is 3. The Morgan fingerprint density at radius 3 is 1.10 bits per heavy atom. The molecule has 12 heteroatoms. The van der Waals surface area contributed by atoms with E-state index >= 15 is 0 Å². The maximum atomic E-state index is 14.5. The molecule has 0 N–H and O–H groups in total. The minimum atomic E-state index is -4.14. The molecule has 0 fully saturated rings. The third-order valence-electron chi connectivity index (χ3n) is 8.94. The smallest absolute Gasteiger partial charge is 0.207 e. The standard InChI is InChI=1S/C37H43N3O6S3/c1-6-24-38(47(41,42)35-18-8-28(3)9-19-35)31-14-16-33(26-31)40(49(45,46)37-22-12-30(5)13-23-37)34-17-15-32(27-34)39(25-7-2)48(43,44)36-20-10-29(4)11-21-36/h6-23,31-34H,1-2,24-27H2,3-5H3. The van der Waals surface area contributed by atoms with E-state index in [0.29, 0.717) is 0 Å². The number of hydrogen-bond donors (Lipinski definition) is 0. The molecule has 3 aromatic rings. The van der Waals surface area contributed by atoms with Gasteiger partial charge < -0.3 is 0 Å². The van der Waals surface area contributed by atoms with Gasteiger partial charge in [0.1, 0.15) is 0 Å². The van der Waals surface area contributed by atoms with Crippen LogP contribution in [0.25, 0.3) is 0 Å². The summed E-state index contributed by atoms with van der Waals surface area (Å²) in [6.45, 7) is 13.2. The summed E-state index contributed by atoms with van der Waals surface area (Å²) in [5.41, 5.74) is 2.75. The normalized spacial score (nSPS) is 21.2. The fourth-order valence-corrected chi connectivity index (χ4v) is 11.2. The van der Waals surface area contributed by atoms with Crippen molar-refractivity contribution < 1.29 is 25.3 Å². The topological polar surface area (TPSA) is 112 Å². The minimum Gasteiger partial charge on any atom is -0.207 e. The maximum absolute atomic E-state index is 14.5. The Bertz CT molecular complexity index is 1940. The van der Waals surface area contributed by atoms with E-state index in [9.17, 15) is 25.3 Å². The van der Waals surface area contributed by atoms with Gasteiger partial charge in [0.15, 0.2) is 0 Å². The quantitative estimate of drug-likeness (QED) is 0.196. The van der Waals surface area contributed by atoms with Gasteiger partial charge in [-0.2, -0.15) is 12.9 Å². The van der Waals surface area contributed by atoms with Crippen LogP contribution in [0.3, 0.4) is 0 Å². The second kappa shape index (κ2) is 14.7. The van der Waals surface area contributed by atoms with E-state index in [0.717, 1.165) is 16.7 Å². The zero-order valence-electron chi connectivity index (χ0n) is 28.0. The Labute approximate surface area is 291 Å². The van der Waals surface area contributed by atoms with E-state index in [-0.39, 0.29) is 40.6 Å². The average molecular weight is 722 g/mol. The summed E-state index contributed by atoms with van der Waals surface area (Å²) in [4.78, 5) is 0.372. The lowest BCUT2D eigenvalue weighted by Gasteiger charge is -2.35. The molecule has 4 unspecified atom stereocenters. The second-order valence-corrected chi connectivity index (χ2v) is 18.1. The summed E-state index contributed by atoms with van der Waals surface area (Å²) in [7, 11) is -12.0. The van der Waals surface area contributed by atoms with Crippen LogP contribution in [0.1, 0.15) is 29.5 Å². The molecule has 260 valence electrons. The molecular formula is C37H43N3O6S3. The number of rotatable bonds is 14. The van der Waals surface area contributed by atoms with Crippen molar-refractivity contribution in [2.24, 2.45) is 0 Å². The fraction of sp³-hybridized carbons (Fsp3) is 0.297. The van der Waals surface area contributed by atoms with Gasteiger partial charge in [0.05, 0.1) is 14.7 Å². The summed E-state index contributed by atoms with van der Waals surface area (Å²) in [5.74, 6) is 0. The highest BCUT2D eigenvalue weighted by molar-refractivity contribution is 7.89. The second-order valence-electron chi connectivity index (χ2n) is 12.5. The molecule has 4 atom stereocenters. The Morgan fingerprint density at radius 1 is 0.510 bits per heavy atom. The molecule has 0 aromatic heterocycles. The van der Waals surface area contributed by atoms with Gasteiger partial charge in [-0.15, -0.1) is 13.2 Å². The first-order valence-corrected chi connectivity index (χ1v) is 20.4.